The van der Waals surface area contributed by atoms with E-state index in [1.165, 1.54) is 38.5 Å². The summed E-state index contributed by atoms with van der Waals surface area (Å²) >= 11 is 0. The van der Waals surface area contributed by atoms with Crippen LogP contribution in [0.4, 0.5) is 0 Å². The molecule has 1 aromatic rings. The van der Waals surface area contributed by atoms with Crippen LogP contribution in [0, 0.1) is 0 Å². The molecule has 0 heterocycles. The molecule has 2 atom stereocenters. The maximum absolute atomic E-state index is 12.1. The van der Waals surface area contributed by atoms with Crippen molar-refractivity contribution < 1.29 is 4.21 Å². The molecule has 0 spiro atoms. The van der Waals surface area contributed by atoms with Gasteiger partial charge in [0.25, 0.3) is 0 Å². The minimum absolute atomic E-state index is 0.312. The van der Waals surface area contributed by atoms with Crippen molar-refractivity contribution in [1.82, 2.24) is 5.32 Å². The van der Waals surface area contributed by atoms with Crippen LogP contribution in [-0.2, 0) is 10.8 Å². The maximum atomic E-state index is 12.1. The van der Waals surface area contributed by atoms with Gasteiger partial charge in [-0.25, -0.2) is 0 Å². The van der Waals surface area contributed by atoms with Crippen molar-refractivity contribution in [1.29, 1.82) is 0 Å². The first-order chi connectivity index (χ1) is 9.74. The van der Waals surface area contributed by atoms with Gasteiger partial charge in [0.2, 0.25) is 0 Å². The lowest BCUT2D eigenvalue weighted by atomic mass is 10.1. The first-order valence-corrected chi connectivity index (χ1v) is 9.22. The monoisotopic (exact) mass is 295 g/mol. The zero-order chi connectivity index (χ0) is 14.6. The molecular weight excluding hydrogens is 266 g/mol. The fourth-order valence-electron chi connectivity index (χ4n) is 2.21. The van der Waals surface area contributed by atoms with Gasteiger partial charge in [0, 0.05) is 16.7 Å². The Labute approximate surface area is 126 Å². The molecule has 114 valence electrons. The first kappa shape index (κ1) is 17.4. The molecule has 0 fully saturated rings. The van der Waals surface area contributed by atoms with E-state index in [4.69, 9.17) is 0 Å². The number of hydrogen-bond acceptors (Lipinski definition) is 2. The Balaban J connectivity index is 2.08. The average Bonchev–Trinajstić information content (AvgIpc) is 2.47. The van der Waals surface area contributed by atoms with Crippen molar-refractivity contribution in [3.05, 3.63) is 30.3 Å². The van der Waals surface area contributed by atoms with Gasteiger partial charge in [0.15, 0.2) is 0 Å². The number of hydrogen-bond donors (Lipinski definition) is 1. The van der Waals surface area contributed by atoms with E-state index in [2.05, 4.69) is 19.2 Å². The van der Waals surface area contributed by atoms with Crippen LogP contribution in [0.3, 0.4) is 0 Å². The average molecular weight is 295 g/mol. The Morgan fingerprint density at radius 2 is 1.70 bits per heavy atom. The van der Waals surface area contributed by atoms with Gasteiger partial charge in [-0.05, 0) is 32.0 Å². The van der Waals surface area contributed by atoms with Crippen LogP contribution in [0.2, 0.25) is 0 Å². The number of benzene rings is 1. The zero-order valence-electron chi connectivity index (χ0n) is 12.9. The minimum Gasteiger partial charge on any atom is -0.313 e. The Morgan fingerprint density at radius 3 is 2.40 bits per heavy atom. The van der Waals surface area contributed by atoms with E-state index in [9.17, 15) is 4.21 Å². The fraction of sp³-hybridized carbons (Fsp3) is 0.647. The summed E-state index contributed by atoms with van der Waals surface area (Å²) in [4.78, 5) is 0.931. The Morgan fingerprint density at radius 1 is 1.05 bits per heavy atom. The second-order valence-electron chi connectivity index (χ2n) is 5.45. The normalized spacial score (nSPS) is 14.1. The third-order valence-electron chi connectivity index (χ3n) is 3.43. The molecule has 0 aliphatic heterocycles. The number of nitrogens with one attached hydrogen (secondary N) is 1. The fourth-order valence-corrected chi connectivity index (χ4v) is 3.43. The van der Waals surface area contributed by atoms with E-state index in [1.807, 2.05) is 30.3 Å². The van der Waals surface area contributed by atoms with Crippen molar-refractivity contribution in [2.24, 2.45) is 0 Å². The van der Waals surface area contributed by atoms with Gasteiger partial charge in [-0.2, -0.15) is 0 Å². The van der Waals surface area contributed by atoms with Gasteiger partial charge in [-0.1, -0.05) is 57.2 Å². The van der Waals surface area contributed by atoms with Gasteiger partial charge < -0.3 is 5.32 Å². The van der Waals surface area contributed by atoms with Crippen LogP contribution in [0.15, 0.2) is 35.2 Å². The second kappa shape index (κ2) is 11.0. The van der Waals surface area contributed by atoms with Crippen molar-refractivity contribution in [2.75, 3.05) is 12.3 Å². The summed E-state index contributed by atoms with van der Waals surface area (Å²) in [5, 5.41) is 3.48. The van der Waals surface area contributed by atoms with E-state index in [0.29, 0.717) is 11.8 Å². The molecule has 1 N–H and O–H groups in total. The van der Waals surface area contributed by atoms with Crippen molar-refractivity contribution in [2.45, 2.75) is 63.3 Å². The molecule has 20 heavy (non-hydrogen) atoms. The molecule has 2 nitrogen and oxygen atoms in total. The highest BCUT2D eigenvalue weighted by Crippen LogP contribution is 2.07. The zero-order valence-corrected chi connectivity index (χ0v) is 13.8. The van der Waals surface area contributed by atoms with E-state index in [-0.39, 0.29) is 0 Å². The van der Waals surface area contributed by atoms with Crippen LogP contribution in [-0.4, -0.2) is 22.5 Å². The summed E-state index contributed by atoms with van der Waals surface area (Å²) in [6.07, 6.45) is 7.91. The molecule has 0 aliphatic rings. The van der Waals surface area contributed by atoms with Crippen LogP contribution in [0.1, 0.15) is 52.4 Å². The first-order valence-electron chi connectivity index (χ1n) is 7.91. The lowest BCUT2D eigenvalue weighted by molar-refractivity contribution is 0.536. The van der Waals surface area contributed by atoms with Crippen molar-refractivity contribution in [3.8, 4) is 0 Å². The summed E-state index contributed by atoms with van der Waals surface area (Å²) in [7, 11) is -0.888. The lowest BCUT2D eigenvalue weighted by Crippen LogP contribution is -2.32. The van der Waals surface area contributed by atoms with Crippen LogP contribution in [0.5, 0.6) is 0 Å². The van der Waals surface area contributed by atoms with Crippen molar-refractivity contribution >= 4 is 10.8 Å². The molecule has 0 aliphatic carbocycles. The molecular formula is C17H29NOS. The molecule has 1 aromatic carbocycles. The van der Waals surface area contributed by atoms with Gasteiger partial charge in [-0.3, -0.25) is 4.21 Å². The summed E-state index contributed by atoms with van der Waals surface area (Å²) in [5.41, 5.74) is 0. The Bertz CT molecular complexity index is 367. The standard InChI is InChI=1S/C17H29NOS/c1-3-4-5-6-7-11-14-18-16(2)15-20(19)17-12-9-8-10-13-17/h8-10,12-13,16,18H,3-7,11,14-15H2,1-2H3. The Kier molecular flexibility index (Phi) is 9.60. The van der Waals surface area contributed by atoms with Crippen LogP contribution in [0.25, 0.3) is 0 Å². The highest BCUT2D eigenvalue weighted by Gasteiger charge is 2.08. The summed E-state index contributed by atoms with van der Waals surface area (Å²) in [6.45, 7) is 5.41. The van der Waals surface area contributed by atoms with E-state index in [1.54, 1.807) is 0 Å². The molecule has 0 bridgehead atoms. The molecule has 0 aromatic heterocycles. The molecule has 3 heteroatoms. The smallest absolute Gasteiger partial charge is 0.0545 e. The highest BCUT2D eigenvalue weighted by molar-refractivity contribution is 7.85. The molecule has 1 rings (SSSR count). The predicted octanol–water partition coefficient (Wildman–Crippen LogP) is 4.13. The molecule has 0 radical (unpaired) electrons. The van der Waals surface area contributed by atoms with Crippen LogP contribution >= 0.6 is 0 Å². The predicted molar refractivity (Wildman–Crippen MR) is 88.6 cm³/mol. The largest absolute Gasteiger partial charge is 0.313 e. The van der Waals surface area contributed by atoms with Crippen molar-refractivity contribution in [3.63, 3.8) is 0 Å². The summed E-state index contributed by atoms with van der Waals surface area (Å²) in [6, 6.07) is 10.0. The van der Waals surface area contributed by atoms with Crippen LogP contribution < -0.4 is 5.32 Å². The van der Waals surface area contributed by atoms with Gasteiger partial charge >= 0.3 is 0 Å². The SMILES string of the molecule is CCCCCCCCNC(C)CS(=O)c1ccccc1. The molecule has 2 unspecified atom stereocenters. The van der Waals surface area contributed by atoms with E-state index < -0.39 is 10.8 Å². The minimum atomic E-state index is -0.888. The van der Waals surface area contributed by atoms with Gasteiger partial charge in [0.05, 0.1) is 10.8 Å². The second-order valence-corrected chi connectivity index (χ2v) is 6.94. The van der Waals surface area contributed by atoms with Gasteiger partial charge in [-0.15, -0.1) is 0 Å². The lowest BCUT2D eigenvalue weighted by Gasteiger charge is -2.13. The topological polar surface area (TPSA) is 29.1 Å². The molecule has 0 saturated carbocycles. The quantitative estimate of drug-likeness (QED) is 0.622. The number of unbranched alkanes of at least 4 members (excludes halogenated alkanes) is 5. The third kappa shape index (κ3) is 7.81. The van der Waals surface area contributed by atoms with E-state index in [0.717, 1.165) is 11.4 Å². The van der Waals surface area contributed by atoms with Gasteiger partial charge in [0.1, 0.15) is 0 Å². The highest BCUT2D eigenvalue weighted by atomic mass is 32.2. The Hall–Kier alpha value is -0.670. The summed E-state index contributed by atoms with van der Waals surface area (Å²) < 4.78 is 12.1. The van der Waals surface area contributed by atoms with E-state index >= 15 is 0 Å². The third-order valence-corrected chi connectivity index (χ3v) is 5.03. The molecule has 0 amide bonds. The maximum Gasteiger partial charge on any atom is 0.0545 e. The number of rotatable bonds is 11. The summed E-state index contributed by atoms with van der Waals surface area (Å²) in [5.74, 6) is 0.694. The molecule has 0 saturated heterocycles.